The lowest BCUT2D eigenvalue weighted by Gasteiger charge is -2.29. The third-order valence-electron chi connectivity index (χ3n) is 4.73. The predicted octanol–water partition coefficient (Wildman–Crippen LogP) is -4.00. The molecule has 1 aliphatic rings. The van der Waals surface area contributed by atoms with Gasteiger partial charge in [0.05, 0.1) is 18.6 Å². The van der Waals surface area contributed by atoms with E-state index in [1.807, 2.05) is 0 Å². The number of rotatable bonds is 10. The molecular formula is C17H29N5O8. The third kappa shape index (κ3) is 6.64. The highest BCUT2D eigenvalue weighted by molar-refractivity contribution is 5.96. The van der Waals surface area contributed by atoms with Crippen molar-refractivity contribution in [2.24, 2.45) is 11.5 Å². The van der Waals surface area contributed by atoms with Crippen LogP contribution in [0.3, 0.4) is 0 Å². The Bertz CT molecular complexity index is 683. The number of carboxylic acids is 1. The standard InChI is InChI=1S/C17H29N5O8/c1-7(23)12(19)14(26)21-13(8(2)24)15(27)20-9(6-11(18)25)16(28)22-5-3-4-10(22)17(29)30/h7-10,12-13,23-24H,3-6,19H2,1-2H3,(H2,18,25)(H,20,27)(H,21,26)(H,29,30). The van der Waals surface area contributed by atoms with Gasteiger partial charge in [-0.05, 0) is 26.7 Å². The Hall–Kier alpha value is -2.77. The van der Waals surface area contributed by atoms with Gasteiger partial charge in [-0.3, -0.25) is 19.2 Å². The molecule has 1 aliphatic heterocycles. The van der Waals surface area contributed by atoms with Crippen molar-refractivity contribution in [2.45, 2.75) is 69.5 Å². The zero-order valence-corrected chi connectivity index (χ0v) is 16.8. The van der Waals surface area contributed by atoms with Crippen LogP contribution in [0.1, 0.15) is 33.1 Å². The second kappa shape index (κ2) is 10.8. The Kier molecular flexibility index (Phi) is 9.14. The molecule has 0 aromatic carbocycles. The first-order chi connectivity index (χ1) is 13.9. The number of nitrogens with one attached hydrogen (secondary N) is 2. The summed E-state index contributed by atoms with van der Waals surface area (Å²) in [5.41, 5.74) is 10.6. The van der Waals surface area contributed by atoms with Crippen LogP contribution in [0.25, 0.3) is 0 Å². The van der Waals surface area contributed by atoms with Gasteiger partial charge in [-0.25, -0.2) is 4.79 Å². The Morgan fingerprint density at radius 3 is 2.13 bits per heavy atom. The summed E-state index contributed by atoms with van der Waals surface area (Å²) in [7, 11) is 0. The van der Waals surface area contributed by atoms with Crippen LogP contribution < -0.4 is 22.1 Å². The molecule has 4 amide bonds. The zero-order chi connectivity index (χ0) is 23.2. The van der Waals surface area contributed by atoms with Gasteiger partial charge in [-0.2, -0.15) is 0 Å². The summed E-state index contributed by atoms with van der Waals surface area (Å²) in [6, 6.07) is -5.51. The first kappa shape index (κ1) is 25.3. The molecule has 0 saturated carbocycles. The van der Waals surface area contributed by atoms with E-state index in [-0.39, 0.29) is 13.0 Å². The second-order valence-electron chi connectivity index (χ2n) is 7.25. The van der Waals surface area contributed by atoms with E-state index in [1.165, 1.54) is 13.8 Å². The second-order valence-corrected chi connectivity index (χ2v) is 7.25. The van der Waals surface area contributed by atoms with E-state index in [0.29, 0.717) is 6.42 Å². The molecule has 1 fully saturated rings. The fourth-order valence-electron chi connectivity index (χ4n) is 3.02. The summed E-state index contributed by atoms with van der Waals surface area (Å²) in [6.07, 6.45) is -2.60. The summed E-state index contributed by atoms with van der Waals surface area (Å²) in [4.78, 5) is 61.2. The molecule has 13 heteroatoms. The van der Waals surface area contributed by atoms with Crippen molar-refractivity contribution >= 4 is 29.6 Å². The highest BCUT2D eigenvalue weighted by Crippen LogP contribution is 2.19. The molecule has 13 nitrogen and oxygen atoms in total. The molecule has 9 N–H and O–H groups in total. The van der Waals surface area contributed by atoms with Gasteiger partial charge in [-0.1, -0.05) is 0 Å². The van der Waals surface area contributed by atoms with Crippen molar-refractivity contribution in [3.05, 3.63) is 0 Å². The number of amides is 4. The van der Waals surface area contributed by atoms with Gasteiger partial charge >= 0.3 is 5.97 Å². The van der Waals surface area contributed by atoms with Gasteiger partial charge in [0.2, 0.25) is 23.6 Å². The van der Waals surface area contributed by atoms with Gasteiger partial charge < -0.3 is 42.3 Å². The smallest absolute Gasteiger partial charge is 0.326 e. The number of nitrogens with two attached hydrogens (primary N) is 2. The molecule has 0 radical (unpaired) electrons. The maximum Gasteiger partial charge on any atom is 0.326 e. The summed E-state index contributed by atoms with van der Waals surface area (Å²) in [5, 5.41) is 32.9. The molecule has 6 atom stereocenters. The van der Waals surface area contributed by atoms with Crippen molar-refractivity contribution in [2.75, 3.05) is 6.54 Å². The maximum atomic E-state index is 12.8. The largest absolute Gasteiger partial charge is 0.480 e. The normalized spacial score (nSPS) is 21.1. The average molecular weight is 431 g/mol. The van der Waals surface area contributed by atoms with E-state index in [4.69, 9.17) is 11.5 Å². The first-order valence-corrected chi connectivity index (χ1v) is 9.40. The van der Waals surface area contributed by atoms with E-state index in [9.17, 15) is 39.3 Å². The number of hydrogen-bond acceptors (Lipinski definition) is 8. The number of aliphatic hydroxyl groups is 2. The lowest BCUT2D eigenvalue weighted by molar-refractivity contribution is -0.150. The molecule has 6 unspecified atom stereocenters. The quantitative estimate of drug-likeness (QED) is 0.178. The Morgan fingerprint density at radius 1 is 1.07 bits per heavy atom. The van der Waals surface area contributed by atoms with Crippen LogP contribution >= 0.6 is 0 Å². The van der Waals surface area contributed by atoms with Crippen molar-refractivity contribution in [3.63, 3.8) is 0 Å². The van der Waals surface area contributed by atoms with Gasteiger partial charge in [-0.15, -0.1) is 0 Å². The number of nitrogens with zero attached hydrogens (tertiary/aromatic N) is 1. The van der Waals surface area contributed by atoms with Crippen molar-refractivity contribution in [1.29, 1.82) is 0 Å². The lowest BCUT2D eigenvalue weighted by Crippen LogP contribution is -2.61. The van der Waals surface area contributed by atoms with Crippen LogP contribution in [0.5, 0.6) is 0 Å². The Labute approximate surface area is 172 Å². The minimum atomic E-state index is -1.56. The van der Waals surface area contributed by atoms with Crippen LogP contribution in [0.4, 0.5) is 0 Å². The summed E-state index contributed by atoms with van der Waals surface area (Å²) in [6.45, 7) is 2.59. The fourth-order valence-corrected chi connectivity index (χ4v) is 3.02. The topological polar surface area (TPSA) is 225 Å². The molecule has 170 valence electrons. The number of aliphatic carboxylic acids is 1. The number of primary amides is 1. The minimum absolute atomic E-state index is 0.126. The summed E-state index contributed by atoms with van der Waals surface area (Å²) >= 11 is 0. The third-order valence-corrected chi connectivity index (χ3v) is 4.73. The number of carboxylic acid groups (broad SMARTS) is 1. The van der Waals surface area contributed by atoms with Gasteiger partial charge in [0.1, 0.15) is 24.2 Å². The number of aliphatic hydroxyl groups excluding tert-OH is 2. The van der Waals surface area contributed by atoms with Crippen molar-refractivity contribution in [3.8, 4) is 0 Å². The highest BCUT2D eigenvalue weighted by Gasteiger charge is 2.39. The van der Waals surface area contributed by atoms with Gasteiger partial charge in [0, 0.05) is 6.54 Å². The fraction of sp³-hybridized carbons (Fsp3) is 0.706. The average Bonchev–Trinajstić information content (AvgIpc) is 3.13. The van der Waals surface area contributed by atoms with Crippen LogP contribution in [-0.4, -0.2) is 92.7 Å². The first-order valence-electron chi connectivity index (χ1n) is 9.40. The summed E-state index contributed by atoms with van der Waals surface area (Å²) < 4.78 is 0. The molecule has 1 saturated heterocycles. The number of carbonyl (C=O) groups excluding carboxylic acids is 4. The van der Waals surface area contributed by atoms with E-state index in [2.05, 4.69) is 10.6 Å². The molecule has 0 bridgehead atoms. The number of carbonyl (C=O) groups is 5. The van der Waals surface area contributed by atoms with Gasteiger partial charge in [0.25, 0.3) is 0 Å². The van der Waals surface area contributed by atoms with Crippen LogP contribution in [0.2, 0.25) is 0 Å². The van der Waals surface area contributed by atoms with Crippen LogP contribution in [0.15, 0.2) is 0 Å². The molecular weight excluding hydrogens is 402 g/mol. The van der Waals surface area contributed by atoms with E-state index in [0.717, 1.165) is 4.90 Å². The molecule has 1 heterocycles. The molecule has 0 aromatic rings. The molecule has 0 spiro atoms. The van der Waals surface area contributed by atoms with E-state index < -0.39 is 72.4 Å². The maximum absolute atomic E-state index is 12.8. The monoisotopic (exact) mass is 431 g/mol. The minimum Gasteiger partial charge on any atom is -0.480 e. The summed E-state index contributed by atoms with van der Waals surface area (Å²) in [5.74, 6) is -4.89. The lowest BCUT2D eigenvalue weighted by atomic mass is 10.1. The van der Waals surface area contributed by atoms with Crippen LogP contribution in [-0.2, 0) is 24.0 Å². The SMILES string of the molecule is CC(O)C(N)C(=O)NC(C(=O)NC(CC(N)=O)C(=O)N1CCCC1C(=O)O)C(C)O. The number of likely N-dealkylation sites (tertiary alicyclic amines) is 1. The molecule has 30 heavy (non-hydrogen) atoms. The van der Waals surface area contributed by atoms with Crippen molar-refractivity contribution < 1.29 is 39.3 Å². The van der Waals surface area contributed by atoms with Crippen LogP contribution in [0, 0.1) is 0 Å². The molecule has 0 aliphatic carbocycles. The zero-order valence-electron chi connectivity index (χ0n) is 16.8. The predicted molar refractivity (Wildman–Crippen MR) is 101 cm³/mol. The van der Waals surface area contributed by atoms with E-state index in [1.54, 1.807) is 0 Å². The molecule has 1 rings (SSSR count). The van der Waals surface area contributed by atoms with E-state index >= 15 is 0 Å². The van der Waals surface area contributed by atoms with Gasteiger partial charge in [0.15, 0.2) is 0 Å². The number of hydrogen-bond donors (Lipinski definition) is 7. The highest BCUT2D eigenvalue weighted by atomic mass is 16.4. The van der Waals surface area contributed by atoms with Crippen molar-refractivity contribution in [1.82, 2.24) is 15.5 Å². The Morgan fingerprint density at radius 2 is 1.67 bits per heavy atom. The Balaban J connectivity index is 2.99. The molecule has 0 aromatic heterocycles.